The molecule has 0 saturated carbocycles. The van der Waals surface area contributed by atoms with Gasteiger partial charge in [0, 0.05) is 37.5 Å². The normalized spacial score (nSPS) is 18.6. The summed E-state index contributed by atoms with van der Waals surface area (Å²) in [4.78, 5) is 21.7. The number of ether oxygens (including phenoxy) is 1. The Hall–Kier alpha value is -4.65. The van der Waals surface area contributed by atoms with E-state index in [4.69, 9.17) is 10.5 Å². The van der Waals surface area contributed by atoms with Crippen LogP contribution in [0.5, 0.6) is 5.88 Å². The van der Waals surface area contributed by atoms with Gasteiger partial charge in [-0.3, -0.25) is 4.79 Å². The third-order valence-electron chi connectivity index (χ3n) is 9.17. The number of alkyl halides is 3. The van der Waals surface area contributed by atoms with E-state index < -0.39 is 24.3 Å². The molecule has 2 aliphatic rings. The summed E-state index contributed by atoms with van der Waals surface area (Å²) in [6.07, 6.45) is -3.68. The van der Waals surface area contributed by atoms with E-state index in [0.29, 0.717) is 56.0 Å². The van der Waals surface area contributed by atoms with Crippen LogP contribution in [-0.2, 0) is 4.79 Å². The van der Waals surface area contributed by atoms with Gasteiger partial charge in [0.15, 0.2) is 0 Å². The van der Waals surface area contributed by atoms with E-state index in [-0.39, 0.29) is 28.5 Å². The van der Waals surface area contributed by atoms with Gasteiger partial charge in [-0.1, -0.05) is 24.3 Å². The van der Waals surface area contributed by atoms with Crippen molar-refractivity contribution in [2.24, 2.45) is 5.41 Å². The maximum absolute atomic E-state index is 15.0. The molecule has 0 bridgehead atoms. The second-order valence-electron chi connectivity index (χ2n) is 12.4. The van der Waals surface area contributed by atoms with Crippen molar-refractivity contribution in [3.05, 3.63) is 77.1 Å². The summed E-state index contributed by atoms with van der Waals surface area (Å²) in [6.45, 7) is 7.37. The molecule has 2 aromatic carbocycles. The van der Waals surface area contributed by atoms with Crippen LogP contribution in [0.4, 0.5) is 24.9 Å². The molecule has 2 aliphatic heterocycles. The van der Waals surface area contributed by atoms with Gasteiger partial charge in [0.05, 0.1) is 11.4 Å². The van der Waals surface area contributed by atoms with Crippen molar-refractivity contribution < 1.29 is 27.8 Å². The number of aryl methyl sites for hydroxylation is 3. The summed E-state index contributed by atoms with van der Waals surface area (Å²) in [5.41, 5.74) is 10.1. The first-order valence-corrected chi connectivity index (χ1v) is 15.1. The second kappa shape index (κ2) is 11.9. The number of hydrogen-bond acceptors (Lipinski definition) is 8. The summed E-state index contributed by atoms with van der Waals surface area (Å²) in [6, 6.07) is 13.2. The van der Waals surface area contributed by atoms with Crippen molar-refractivity contribution in [1.82, 2.24) is 25.1 Å². The van der Waals surface area contributed by atoms with Crippen LogP contribution in [0.1, 0.15) is 47.8 Å². The number of anilines is 2. The molecule has 46 heavy (non-hydrogen) atoms. The molecule has 6 rings (SSSR count). The third kappa shape index (κ3) is 6.37. The molecule has 2 aromatic heterocycles. The quantitative estimate of drug-likeness (QED) is 0.239. The van der Waals surface area contributed by atoms with Crippen LogP contribution in [0, 0.1) is 26.2 Å². The van der Waals surface area contributed by atoms with Crippen LogP contribution in [0.3, 0.4) is 0 Å². The molecule has 13 heteroatoms. The molecule has 2 fully saturated rings. The lowest BCUT2D eigenvalue weighted by molar-refractivity contribution is -0.198. The summed E-state index contributed by atoms with van der Waals surface area (Å²) < 4.78 is 52.0. The molecule has 2 saturated heterocycles. The minimum absolute atomic E-state index is 0.133. The van der Waals surface area contributed by atoms with Crippen molar-refractivity contribution in [2.45, 2.75) is 58.4 Å². The summed E-state index contributed by atoms with van der Waals surface area (Å²) in [5, 5.41) is 16.9. The number of nitrogen functional groups attached to an aromatic ring is 1. The maximum atomic E-state index is 15.0. The number of piperidine rings is 1. The monoisotopic (exact) mass is 635 g/mol. The fraction of sp³-hybridized carbons (Fsp3) is 0.394. The minimum Gasteiger partial charge on any atom is -0.480 e. The SMILES string of the molecule is Cc1ccn(-c2ccc(-c3ccc(C)c(C)c3)cc2[C@@H](Oc2cc(N3CCC4(CC3)CN[C@H](C(=O)O)C4)nc(N)n2)C(F)(F)F)n1. The molecular weight excluding hydrogens is 599 g/mol. The lowest BCUT2D eigenvalue weighted by Gasteiger charge is -2.39. The highest BCUT2D eigenvalue weighted by Crippen LogP contribution is 2.43. The van der Waals surface area contributed by atoms with Gasteiger partial charge in [0.25, 0.3) is 0 Å². The predicted molar refractivity (Wildman–Crippen MR) is 167 cm³/mol. The Morgan fingerprint density at radius 2 is 1.76 bits per heavy atom. The Morgan fingerprint density at radius 1 is 1.04 bits per heavy atom. The Kier molecular flexibility index (Phi) is 8.13. The number of carbonyl (C=O) groups is 1. The summed E-state index contributed by atoms with van der Waals surface area (Å²) in [5.74, 6) is -1.04. The Bertz CT molecular complexity index is 1770. The lowest BCUT2D eigenvalue weighted by atomic mass is 9.76. The fourth-order valence-electron chi connectivity index (χ4n) is 6.39. The van der Waals surface area contributed by atoms with E-state index in [1.54, 1.807) is 31.3 Å². The van der Waals surface area contributed by atoms with E-state index in [2.05, 4.69) is 20.4 Å². The highest BCUT2D eigenvalue weighted by Gasteiger charge is 2.46. The van der Waals surface area contributed by atoms with Crippen LogP contribution in [-0.4, -0.2) is 62.7 Å². The first kappa shape index (κ1) is 31.3. The zero-order chi connectivity index (χ0) is 32.8. The Balaban J connectivity index is 1.33. The molecule has 1 spiro atoms. The van der Waals surface area contributed by atoms with Crippen LogP contribution in [0.25, 0.3) is 16.8 Å². The van der Waals surface area contributed by atoms with Gasteiger partial charge in [-0.15, -0.1) is 0 Å². The van der Waals surface area contributed by atoms with Crippen molar-refractivity contribution in [3.63, 3.8) is 0 Å². The highest BCUT2D eigenvalue weighted by atomic mass is 19.4. The lowest BCUT2D eigenvalue weighted by Crippen LogP contribution is -2.41. The first-order valence-electron chi connectivity index (χ1n) is 15.1. The number of benzene rings is 2. The average Bonchev–Trinajstić information content (AvgIpc) is 3.63. The van der Waals surface area contributed by atoms with Crippen molar-refractivity contribution in [1.29, 1.82) is 0 Å². The smallest absolute Gasteiger partial charge is 0.429 e. The summed E-state index contributed by atoms with van der Waals surface area (Å²) in [7, 11) is 0. The third-order valence-corrected chi connectivity index (χ3v) is 9.17. The number of halogens is 3. The number of aromatic nitrogens is 4. The van der Waals surface area contributed by atoms with Crippen LogP contribution >= 0.6 is 0 Å². The second-order valence-corrected chi connectivity index (χ2v) is 12.4. The van der Waals surface area contributed by atoms with Crippen LogP contribution in [0.2, 0.25) is 0 Å². The van der Waals surface area contributed by atoms with Gasteiger partial charge < -0.3 is 25.8 Å². The van der Waals surface area contributed by atoms with Crippen molar-refractivity contribution in [3.8, 4) is 22.7 Å². The molecule has 4 heterocycles. The van der Waals surface area contributed by atoms with Gasteiger partial charge in [-0.25, -0.2) is 4.68 Å². The van der Waals surface area contributed by atoms with E-state index in [1.807, 2.05) is 36.9 Å². The number of aliphatic carboxylic acids is 1. The topological polar surface area (TPSA) is 131 Å². The largest absolute Gasteiger partial charge is 0.480 e. The number of hydrogen-bond donors (Lipinski definition) is 3. The van der Waals surface area contributed by atoms with Crippen LogP contribution < -0.4 is 20.7 Å². The van der Waals surface area contributed by atoms with Gasteiger partial charge >= 0.3 is 12.1 Å². The number of nitrogens with zero attached hydrogens (tertiary/aromatic N) is 5. The molecule has 4 N–H and O–H groups in total. The van der Waals surface area contributed by atoms with Gasteiger partial charge in [-0.2, -0.15) is 28.2 Å². The van der Waals surface area contributed by atoms with E-state index in [9.17, 15) is 23.1 Å². The molecule has 10 nitrogen and oxygen atoms in total. The van der Waals surface area contributed by atoms with Gasteiger partial charge in [0.1, 0.15) is 11.9 Å². The number of nitrogens with one attached hydrogen (secondary N) is 1. The van der Waals surface area contributed by atoms with Crippen molar-refractivity contribution >= 4 is 17.7 Å². The highest BCUT2D eigenvalue weighted by molar-refractivity contribution is 5.74. The summed E-state index contributed by atoms with van der Waals surface area (Å²) >= 11 is 0. The molecular formula is C33H36F3N7O3. The number of nitrogens with two attached hydrogens (primary N) is 1. The van der Waals surface area contributed by atoms with Gasteiger partial charge in [0.2, 0.25) is 17.9 Å². The molecule has 0 radical (unpaired) electrons. The fourth-order valence-corrected chi connectivity index (χ4v) is 6.39. The van der Waals surface area contributed by atoms with Crippen molar-refractivity contribution in [2.75, 3.05) is 30.3 Å². The number of carboxylic acid groups (broad SMARTS) is 1. The van der Waals surface area contributed by atoms with E-state index in [0.717, 1.165) is 16.7 Å². The van der Waals surface area contributed by atoms with E-state index in [1.165, 1.54) is 16.8 Å². The zero-order valence-electron chi connectivity index (χ0n) is 25.8. The average molecular weight is 636 g/mol. The number of rotatable bonds is 7. The Morgan fingerprint density at radius 3 is 2.39 bits per heavy atom. The van der Waals surface area contributed by atoms with E-state index >= 15 is 0 Å². The first-order chi connectivity index (χ1) is 21.8. The molecule has 0 amide bonds. The maximum Gasteiger partial charge on any atom is 0.429 e. The standard InChI is InChI=1S/C33H36F3N7O3/c1-19-4-5-22(14-20(19)2)23-6-7-26(43-11-8-21(3)41-43)24(15-23)29(33(34,35)36)46-28-16-27(39-31(37)40-28)42-12-9-32(10-13-42)17-25(30(44)45)38-18-32/h4-8,11,14-16,25,29,38H,9-10,12-13,17-18H2,1-3H3,(H,44,45)(H2,37,39,40)/t25-,29+/m0/s1. The molecule has 242 valence electrons. The minimum atomic E-state index is -4.83. The Labute approximate surface area is 264 Å². The van der Waals surface area contributed by atoms with Gasteiger partial charge in [-0.05, 0) is 85.9 Å². The molecule has 0 aliphatic carbocycles. The number of carboxylic acids is 1. The zero-order valence-corrected chi connectivity index (χ0v) is 25.8. The molecule has 0 unspecified atom stereocenters. The molecule has 4 aromatic rings. The predicted octanol–water partition coefficient (Wildman–Crippen LogP) is 5.55. The van der Waals surface area contributed by atoms with Crippen LogP contribution in [0.15, 0.2) is 54.7 Å². The molecule has 2 atom stereocenters.